The van der Waals surface area contributed by atoms with Crippen LogP contribution in [0.25, 0.3) is 10.9 Å². The fraction of sp³-hybridized carbons (Fsp3) is 0.333. The van der Waals surface area contributed by atoms with E-state index in [0.717, 1.165) is 27.9 Å². The highest BCUT2D eigenvalue weighted by Crippen LogP contribution is 2.16. The molecule has 0 saturated carbocycles. The summed E-state index contributed by atoms with van der Waals surface area (Å²) in [6.45, 7) is 5.77. The van der Waals surface area contributed by atoms with Crippen LogP contribution >= 0.6 is 0 Å². The predicted octanol–water partition coefficient (Wildman–Crippen LogP) is 1.86. The number of rotatable bonds is 0. The predicted molar refractivity (Wildman–Crippen MR) is 61.2 cm³/mol. The van der Waals surface area contributed by atoms with Gasteiger partial charge in [-0.2, -0.15) is 0 Å². The van der Waals surface area contributed by atoms with Gasteiger partial charge in [0.25, 0.3) is 5.56 Å². The van der Waals surface area contributed by atoms with Crippen LogP contribution in [0.15, 0.2) is 16.9 Å². The number of hydrogen-bond acceptors (Lipinski definition) is 2. The Kier molecular flexibility index (Phi) is 2.11. The van der Waals surface area contributed by atoms with E-state index < -0.39 is 0 Å². The molecular formula is C12H14N2O. The van der Waals surface area contributed by atoms with Crippen molar-refractivity contribution in [3.05, 3.63) is 39.4 Å². The lowest BCUT2D eigenvalue weighted by Gasteiger charge is -2.08. The zero-order valence-electron chi connectivity index (χ0n) is 9.46. The minimum atomic E-state index is 0.0405. The Morgan fingerprint density at radius 1 is 1.13 bits per heavy atom. The molecule has 0 spiro atoms. The van der Waals surface area contributed by atoms with E-state index in [1.54, 1.807) is 11.6 Å². The molecule has 3 nitrogen and oxygen atoms in total. The van der Waals surface area contributed by atoms with E-state index in [1.807, 2.05) is 32.9 Å². The molecule has 2 aromatic rings. The van der Waals surface area contributed by atoms with Gasteiger partial charge in [0, 0.05) is 7.05 Å². The van der Waals surface area contributed by atoms with Gasteiger partial charge in [0.05, 0.1) is 10.9 Å². The molecule has 0 N–H and O–H groups in total. The maximum Gasteiger partial charge on any atom is 0.261 e. The molecule has 0 bridgehead atoms. The summed E-state index contributed by atoms with van der Waals surface area (Å²) in [7, 11) is 1.76. The molecule has 78 valence electrons. The summed E-state index contributed by atoms with van der Waals surface area (Å²) in [5.41, 5.74) is 2.91. The fourth-order valence-corrected chi connectivity index (χ4v) is 1.76. The van der Waals surface area contributed by atoms with Crippen LogP contribution in [-0.4, -0.2) is 9.55 Å². The van der Waals surface area contributed by atoms with Gasteiger partial charge < -0.3 is 0 Å². The van der Waals surface area contributed by atoms with E-state index in [4.69, 9.17) is 0 Å². The highest BCUT2D eigenvalue weighted by atomic mass is 16.1. The largest absolute Gasteiger partial charge is 0.299 e. The third-order valence-corrected chi connectivity index (χ3v) is 2.87. The molecule has 0 radical (unpaired) electrons. The Hall–Kier alpha value is -1.64. The van der Waals surface area contributed by atoms with Crippen LogP contribution in [0.2, 0.25) is 0 Å². The Morgan fingerprint density at radius 2 is 1.73 bits per heavy atom. The Bertz CT molecular complexity index is 597. The molecule has 2 rings (SSSR count). The van der Waals surface area contributed by atoms with E-state index in [0.29, 0.717) is 0 Å². The molecule has 1 aromatic carbocycles. The minimum absolute atomic E-state index is 0.0405. The van der Waals surface area contributed by atoms with Crippen molar-refractivity contribution in [3.8, 4) is 0 Å². The van der Waals surface area contributed by atoms with Gasteiger partial charge in [-0.25, -0.2) is 4.98 Å². The number of aromatic nitrogens is 2. The van der Waals surface area contributed by atoms with Crippen LogP contribution in [-0.2, 0) is 7.05 Å². The summed E-state index contributed by atoms with van der Waals surface area (Å²) in [6, 6.07) is 3.97. The number of hydrogen-bond donors (Lipinski definition) is 0. The van der Waals surface area contributed by atoms with Gasteiger partial charge in [-0.15, -0.1) is 0 Å². The van der Waals surface area contributed by atoms with Gasteiger partial charge >= 0.3 is 0 Å². The number of fused-ring (bicyclic) bond motifs is 1. The standard InChI is InChI=1S/C12H14N2O/c1-7-5-6-8(2)11-10(7)12(15)14(4)9(3)13-11/h5-6H,1-4H3. The maximum atomic E-state index is 12.0. The van der Waals surface area contributed by atoms with Crippen molar-refractivity contribution >= 4 is 10.9 Å². The van der Waals surface area contributed by atoms with Crippen LogP contribution < -0.4 is 5.56 Å². The molecule has 0 atom stereocenters. The topological polar surface area (TPSA) is 34.9 Å². The summed E-state index contributed by atoms with van der Waals surface area (Å²) in [5.74, 6) is 0.751. The third kappa shape index (κ3) is 1.35. The van der Waals surface area contributed by atoms with Crippen molar-refractivity contribution in [2.75, 3.05) is 0 Å². The third-order valence-electron chi connectivity index (χ3n) is 2.87. The molecule has 0 aliphatic heterocycles. The second-order valence-electron chi connectivity index (χ2n) is 3.95. The molecule has 1 aromatic heterocycles. The summed E-state index contributed by atoms with van der Waals surface area (Å²) in [5, 5.41) is 0.739. The SMILES string of the molecule is Cc1ccc(C)c2c(=O)n(C)c(C)nc12. The smallest absolute Gasteiger partial charge is 0.261 e. The second-order valence-corrected chi connectivity index (χ2v) is 3.95. The van der Waals surface area contributed by atoms with E-state index in [-0.39, 0.29) is 5.56 Å². The molecule has 3 heteroatoms. The zero-order valence-corrected chi connectivity index (χ0v) is 9.46. The Morgan fingerprint density at radius 3 is 2.40 bits per heavy atom. The fourth-order valence-electron chi connectivity index (χ4n) is 1.76. The van der Waals surface area contributed by atoms with Crippen molar-refractivity contribution in [2.45, 2.75) is 20.8 Å². The minimum Gasteiger partial charge on any atom is -0.299 e. The normalized spacial score (nSPS) is 10.9. The lowest BCUT2D eigenvalue weighted by molar-refractivity contribution is 0.791. The molecule has 1 heterocycles. The molecule has 0 amide bonds. The van der Waals surface area contributed by atoms with Gasteiger partial charge in [-0.1, -0.05) is 12.1 Å². The van der Waals surface area contributed by atoms with Crippen LogP contribution in [0.4, 0.5) is 0 Å². The van der Waals surface area contributed by atoms with Crippen molar-refractivity contribution < 1.29 is 0 Å². The quantitative estimate of drug-likeness (QED) is 0.653. The van der Waals surface area contributed by atoms with Gasteiger partial charge in [0.15, 0.2) is 0 Å². The average Bonchev–Trinajstić information content (AvgIpc) is 2.20. The Balaban J connectivity index is 3.12. The summed E-state index contributed by atoms with van der Waals surface area (Å²) < 4.78 is 1.59. The maximum absolute atomic E-state index is 12.0. The van der Waals surface area contributed by atoms with Crippen LogP contribution in [0.3, 0.4) is 0 Å². The average molecular weight is 202 g/mol. The first-order chi connectivity index (χ1) is 7.02. The van der Waals surface area contributed by atoms with Gasteiger partial charge in [-0.05, 0) is 31.9 Å². The molecule has 0 fully saturated rings. The number of benzene rings is 1. The van der Waals surface area contributed by atoms with E-state index in [2.05, 4.69) is 4.98 Å². The highest BCUT2D eigenvalue weighted by Gasteiger charge is 2.09. The molecule has 0 aliphatic rings. The first-order valence-corrected chi connectivity index (χ1v) is 4.96. The van der Waals surface area contributed by atoms with E-state index >= 15 is 0 Å². The van der Waals surface area contributed by atoms with Gasteiger partial charge in [0.2, 0.25) is 0 Å². The summed E-state index contributed by atoms with van der Waals surface area (Å²) >= 11 is 0. The molecule has 0 unspecified atom stereocenters. The zero-order chi connectivity index (χ0) is 11.2. The van der Waals surface area contributed by atoms with E-state index in [9.17, 15) is 4.79 Å². The van der Waals surface area contributed by atoms with Gasteiger partial charge in [0.1, 0.15) is 5.82 Å². The monoisotopic (exact) mass is 202 g/mol. The van der Waals surface area contributed by atoms with Crippen molar-refractivity contribution in [1.29, 1.82) is 0 Å². The van der Waals surface area contributed by atoms with Crippen molar-refractivity contribution in [3.63, 3.8) is 0 Å². The molecular weight excluding hydrogens is 188 g/mol. The number of nitrogens with zero attached hydrogens (tertiary/aromatic N) is 2. The van der Waals surface area contributed by atoms with Crippen molar-refractivity contribution in [2.24, 2.45) is 7.05 Å². The number of aryl methyl sites for hydroxylation is 3. The molecule has 15 heavy (non-hydrogen) atoms. The second kappa shape index (κ2) is 3.19. The highest BCUT2D eigenvalue weighted by molar-refractivity contribution is 5.84. The van der Waals surface area contributed by atoms with Crippen LogP contribution in [0.1, 0.15) is 17.0 Å². The van der Waals surface area contributed by atoms with E-state index in [1.165, 1.54) is 0 Å². The molecule has 0 saturated heterocycles. The lowest BCUT2D eigenvalue weighted by Crippen LogP contribution is -2.21. The first kappa shape index (κ1) is 9.90. The first-order valence-electron chi connectivity index (χ1n) is 4.96. The van der Waals surface area contributed by atoms with Crippen molar-refractivity contribution in [1.82, 2.24) is 9.55 Å². The van der Waals surface area contributed by atoms with Crippen LogP contribution in [0.5, 0.6) is 0 Å². The summed E-state index contributed by atoms with van der Waals surface area (Å²) in [6.07, 6.45) is 0. The molecule has 0 aliphatic carbocycles. The lowest BCUT2D eigenvalue weighted by atomic mass is 10.1. The van der Waals surface area contributed by atoms with Gasteiger partial charge in [-0.3, -0.25) is 9.36 Å². The Labute approximate surface area is 88.4 Å². The summed E-state index contributed by atoms with van der Waals surface area (Å²) in [4.78, 5) is 16.5. The van der Waals surface area contributed by atoms with Crippen LogP contribution in [0, 0.1) is 20.8 Å².